The summed E-state index contributed by atoms with van der Waals surface area (Å²) in [6, 6.07) is 5.97. The van der Waals surface area contributed by atoms with E-state index in [-0.39, 0.29) is 11.3 Å². The first kappa shape index (κ1) is 17.1. The second kappa shape index (κ2) is 6.53. The lowest BCUT2D eigenvalue weighted by Crippen LogP contribution is -2.44. The second-order valence-corrected chi connectivity index (χ2v) is 8.00. The molecule has 2 fully saturated rings. The molecule has 0 spiro atoms. The van der Waals surface area contributed by atoms with Gasteiger partial charge in [-0.15, -0.1) is 10.2 Å². The average molecular weight is 374 g/mol. The Morgan fingerprint density at radius 1 is 1.32 bits per heavy atom. The topological polar surface area (TPSA) is 88.8 Å². The van der Waals surface area contributed by atoms with Crippen LogP contribution in [-0.4, -0.2) is 41.4 Å². The van der Waals surface area contributed by atoms with E-state index >= 15 is 0 Å². The van der Waals surface area contributed by atoms with E-state index < -0.39 is 0 Å². The van der Waals surface area contributed by atoms with Crippen LogP contribution in [0.3, 0.4) is 0 Å². The van der Waals surface area contributed by atoms with Crippen molar-refractivity contribution < 1.29 is 5.11 Å². The molecule has 28 heavy (non-hydrogen) atoms. The maximum Gasteiger partial charge on any atom is 0.174 e. The maximum absolute atomic E-state index is 10.4. The van der Waals surface area contributed by atoms with Gasteiger partial charge in [0.25, 0.3) is 0 Å². The summed E-state index contributed by atoms with van der Waals surface area (Å²) in [7, 11) is 0. The molecule has 1 aromatic carbocycles. The summed E-state index contributed by atoms with van der Waals surface area (Å²) >= 11 is 0. The maximum atomic E-state index is 10.4. The molecule has 0 aliphatic carbocycles. The number of piperidine rings is 1. The molecular weight excluding hydrogens is 352 g/mol. The highest BCUT2D eigenvalue weighted by Gasteiger charge is 2.39. The SMILES string of the molecule is C[C@@]12CC[C@@H](C/C(=C\c3ncc(-c4ccc(-n5ccnc5)cc4O)nn3)C1)N2. The number of benzene rings is 1. The smallest absolute Gasteiger partial charge is 0.174 e. The highest BCUT2D eigenvalue weighted by atomic mass is 16.3. The molecule has 142 valence electrons. The van der Waals surface area contributed by atoms with Crippen molar-refractivity contribution in [3.8, 4) is 22.7 Å². The minimum Gasteiger partial charge on any atom is -0.507 e. The largest absolute Gasteiger partial charge is 0.507 e. The zero-order valence-corrected chi connectivity index (χ0v) is 15.7. The average Bonchev–Trinajstić information content (AvgIpc) is 3.30. The molecule has 2 aliphatic rings. The van der Waals surface area contributed by atoms with Crippen molar-refractivity contribution in [3.63, 3.8) is 0 Å². The van der Waals surface area contributed by atoms with Crippen LogP contribution in [0.5, 0.6) is 5.75 Å². The molecule has 2 atom stereocenters. The highest BCUT2D eigenvalue weighted by Crippen LogP contribution is 2.38. The number of phenolic OH excluding ortho intramolecular Hbond substituents is 1. The molecule has 2 bridgehead atoms. The van der Waals surface area contributed by atoms with Gasteiger partial charge in [0.05, 0.1) is 18.2 Å². The molecule has 3 aromatic rings. The number of phenols is 1. The van der Waals surface area contributed by atoms with Gasteiger partial charge in [0.1, 0.15) is 11.4 Å². The third-order valence-corrected chi connectivity index (χ3v) is 5.70. The van der Waals surface area contributed by atoms with Gasteiger partial charge < -0.3 is 15.0 Å². The Morgan fingerprint density at radius 3 is 2.96 bits per heavy atom. The first-order chi connectivity index (χ1) is 13.6. The summed E-state index contributed by atoms with van der Waals surface area (Å²) in [6.45, 7) is 2.29. The number of fused-ring (bicyclic) bond motifs is 2. The van der Waals surface area contributed by atoms with Crippen LogP contribution in [0.1, 0.15) is 38.4 Å². The van der Waals surface area contributed by atoms with Crippen molar-refractivity contribution in [2.45, 2.75) is 44.2 Å². The molecule has 0 unspecified atom stereocenters. The Balaban J connectivity index is 1.38. The molecule has 7 nitrogen and oxygen atoms in total. The molecule has 0 saturated carbocycles. The first-order valence-electron chi connectivity index (χ1n) is 9.57. The van der Waals surface area contributed by atoms with Crippen LogP contribution in [0.4, 0.5) is 0 Å². The molecule has 2 aliphatic heterocycles. The molecule has 2 aromatic heterocycles. The fraction of sp³-hybridized carbons (Fsp3) is 0.333. The molecule has 2 N–H and O–H groups in total. The summed E-state index contributed by atoms with van der Waals surface area (Å²) in [5.41, 5.74) is 3.58. The van der Waals surface area contributed by atoms with Gasteiger partial charge in [-0.05, 0) is 50.8 Å². The Morgan fingerprint density at radius 2 is 2.25 bits per heavy atom. The molecule has 4 heterocycles. The summed E-state index contributed by atoms with van der Waals surface area (Å²) < 4.78 is 1.83. The lowest BCUT2D eigenvalue weighted by molar-refractivity contribution is 0.351. The molecule has 7 heteroatoms. The van der Waals surface area contributed by atoms with Gasteiger partial charge >= 0.3 is 0 Å². The van der Waals surface area contributed by atoms with Gasteiger partial charge in [-0.2, -0.15) is 0 Å². The number of rotatable bonds is 3. The number of nitrogens with zero attached hydrogens (tertiary/aromatic N) is 5. The third kappa shape index (κ3) is 3.18. The van der Waals surface area contributed by atoms with E-state index in [9.17, 15) is 5.11 Å². The van der Waals surface area contributed by atoms with Crippen LogP contribution in [0.2, 0.25) is 0 Å². The quantitative estimate of drug-likeness (QED) is 0.732. The summed E-state index contributed by atoms with van der Waals surface area (Å²) in [6.07, 6.45) is 13.5. The van der Waals surface area contributed by atoms with Gasteiger partial charge in [-0.25, -0.2) is 9.97 Å². The normalized spacial score (nSPS) is 25.3. The number of aromatic hydroxyl groups is 1. The Bertz CT molecular complexity index is 1030. The Kier molecular flexibility index (Phi) is 3.98. The second-order valence-electron chi connectivity index (χ2n) is 8.00. The van der Waals surface area contributed by atoms with Crippen molar-refractivity contribution in [3.05, 3.63) is 54.5 Å². The van der Waals surface area contributed by atoms with Crippen molar-refractivity contribution in [1.29, 1.82) is 0 Å². The van der Waals surface area contributed by atoms with E-state index in [2.05, 4.69) is 38.5 Å². The predicted octanol–water partition coefficient (Wildman–Crippen LogP) is 3.12. The van der Waals surface area contributed by atoms with E-state index in [0.717, 1.165) is 18.5 Å². The van der Waals surface area contributed by atoms with E-state index in [1.807, 2.05) is 22.9 Å². The van der Waals surface area contributed by atoms with Crippen molar-refractivity contribution in [2.75, 3.05) is 0 Å². The van der Waals surface area contributed by atoms with Crippen LogP contribution in [0, 0.1) is 0 Å². The minimum atomic E-state index is 0.135. The van der Waals surface area contributed by atoms with Gasteiger partial charge in [-0.3, -0.25) is 0 Å². The van der Waals surface area contributed by atoms with Crippen LogP contribution in [-0.2, 0) is 0 Å². The van der Waals surface area contributed by atoms with Crippen LogP contribution in [0.15, 0.2) is 48.7 Å². The van der Waals surface area contributed by atoms with Crippen molar-refractivity contribution in [2.24, 2.45) is 0 Å². The summed E-state index contributed by atoms with van der Waals surface area (Å²) in [5.74, 6) is 0.759. The number of imidazole rings is 1. The van der Waals surface area contributed by atoms with Crippen LogP contribution < -0.4 is 5.32 Å². The Labute approximate surface area is 163 Å². The van der Waals surface area contributed by atoms with Gasteiger partial charge in [0.15, 0.2) is 5.82 Å². The number of hydrogen-bond donors (Lipinski definition) is 2. The number of nitrogens with one attached hydrogen (secondary N) is 1. The molecule has 0 radical (unpaired) electrons. The predicted molar refractivity (Wildman–Crippen MR) is 106 cm³/mol. The van der Waals surface area contributed by atoms with Crippen molar-refractivity contribution in [1.82, 2.24) is 30.0 Å². The molecule has 0 amide bonds. The molecular formula is C21H22N6O. The first-order valence-corrected chi connectivity index (χ1v) is 9.57. The van der Waals surface area contributed by atoms with Gasteiger partial charge in [0, 0.05) is 35.6 Å². The van der Waals surface area contributed by atoms with Crippen molar-refractivity contribution >= 4 is 6.08 Å². The van der Waals surface area contributed by atoms with E-state index in [0.29, 0.717) is 23.1 Å². The van der Waals surface area contributed by atoms with Crippen LogP contribution in [0.25, 0.3) is 23.0 Å². The molecule has 2 saturated heterocycles. The van der Waals surface area contributed by atoms with E-state index in [1.165, 1.54) is 18.4 Å². The summed E-state index contributed by atoms with van der Waals surface area (Å²) in [5, 5.41) is 22.7. The zero-order valence-electron chi connectivity index (χ0n) is 15.7. The minimum absolute atomic E-state index is 0.135. The summed E-state index contributed by atoms with van der Waals surface area (Å²) in [4.78, 5) is 8.48. The third-order valence-electron chi connectivity index (χ3n) is 5.70. The zero-order chi connectivity index (χ0) is 19.1. The number of hydrogen-bond acceptors (Lipinski definition) is 6. The lowest BCUT2D eigenvalue weighted by atomic mass is 9.89. The van der Waals surface area contributed by atoms with E-state index in [1.54, 1.807) is 24.8 Å². The number of aromatic nitrogens is 5. The highest BCUT2D eigenvalue weighted by molar-refractivity contribution is 5.68. The van der Waals surface area contributed by atoms with Gasteiger partial charge in [0.2, 0.25) is 0 Å². The standard InChI is InChI=1S/C21H22N6O/c1-21-5-4-15(24-21)8-14(11-21)9-20-23-12-18(25-26-20)17-3-2-16(10-19(17)28)27-7-6-22-13-27/h2-3,6-7,9-10,12-13,15,24,28H,4-5,8,11H2,1H3/b14-9+/t15-,21+/m0/s1. The van der Waals surface area contributed by atoms with Gasteiger partial charge in [-0.1, -0.05) is 5.57 Å². The lowest BCUT2D eigenvalue weighted by Gasteiger charge is -2.32. The van der Waals surface area contributed by atoms with E-state index in [4.69, 9.17) is 0 Å². The monoisotopic (exact) mass is 374 g/mol. The molecule has 5 rings (SSSR count). The van der Waals surface area contributed by atoms with Crippen LogP contribution >= 0.6 is 0 Å². The fourth-order valence-electron chi connectivity index (χ4n) is 4.39. The Hall–Kier alpha value is -3.06. The fourth-order valence-corrected chi connectivity index (χ4v) is 4.39.